The summed E-state index contributed by atoms with van der Waals surface area (Å²) in [4.78, 5) is 16.3. The third-order valence-electron chi connectivity index (χ3n) is 2.74. The molecule has 0 amide bonds. The van der Waals surface area contributed by atoms with E-state index < -0.39 is 5.60 Å². The van der Waals surface area contributed by atoms with E-state index in [0.717, 1.165) is 11.1 Å². The van der Waals surface area contributed by atoms with E-state index in [-0.39, 0.29) is 12.5 Å². The van der Waals surface area contributed by atoms with E-state index in [1.54, 1.807) is 0 Å². The summed E-state index contributed by atoms with van der Waals surface area (Å²) in [6, 6.07) is 9.70. The summed E-state index contributed by atoms with van der Waals surface area (Å²) >= 11 is 0. The van der Waals surface area contributed by atoms with Gasteiger partial charge in [0.2, 0.25) is 0 Å². The summed E-state index contributed by atoms with van der Waals surface area (Å²) in [6.45, 7) is 11.5. The molecule has 0 N–H and O–H groups in total. The smallest absolute Gasteiger partial charge is 0.328 e. The van der Waals surface area contributed by atoms with Gasteiger partial charge in [-0.3, -0.25) is 9.79 Å². The van der Waals surface area contributed by atoms with Gasteiger partial charge in [0.15, 0.2) is 0 Å². The fraction of sp³-hybridized carbons (Fsp3) is 0.300. The summed E-state index contributed by atoms with van der Waals surface area (Å²) in [5, 5.41) is 0. The van der Waals surface area contributed by atoms with E-state index in [0.29, 0.717) is 5.71 Å². The van der Waals surface area contributed by atoms with Crippen LogP contribution < -0.4 is 0 Å². The number of esters is 1. The molecule has 0 fully saturated rings. The Morgan fingerprint density at radius 1 is 1.22 bits per heavy atom. The van der Waals surface area contributed by atoms with Crippen LogP contribution in [0.1, 0.15) is 33.3 Å². The van der Waals surface area contributed by atoms with Gasteiger partial charge in [-0.15, -0.1) is 0 Å². The van der Waals surface area contributed by atoms with Crippen LogP contribution in [0.4, 0.5) is 0 Å². The number of benzene rings is 1. The van der Waals surface area contributed by atoms with Crippen molar-refractivity contribution in [3.05, 3.63) is 72.4 Å². The lowest BCUT2D eigenvalue weighted by molar-refractivity contribution is -0.152. The molecule has 0 heterocycles. The lowest BCUT2D eigenvalue weighted by Gasteiger charge is -2.18. The molecule has 23 heavy (non-hydrogen) atoms. The first kappa shape index (κ1) is 18.6. The third kappa shape index (κ3) is 7.41. The van der Waals surface area contributed by atoms with Crippen LogP contribution >= 0.6 is 0 Å². The predicted molar refractivity (Wildman–Crippen MR) is 96.8 cm³/mol. The molecule has 0 aromatic heterocycles. The van der Waals surface area contributed by atoms with Gasteiger partial charge >= 0.3 is 5.97 Å². The lowest BCUT2D eigenvalue weighted by atomic mass is 10.0. The maximum atomic E-state index is 11.9. The van der Waals surface area contributed by atoms with Crippen molar-refractivity contribution < 1.29 is 9.53 Å². The molecule has 0 saturated carbocycles. The number of hydrogen-bond acceptors (Lipinski definition) is 3. The molecule has 0 aliphatic heterocycles. The summed E-state index contributed by atoms with van der Waals surface area (Å²) < 4.78 is 5.30. The quantitative estimate of drug-likeness (QED) is 0.440. The van der Waals surface area contributed by atoms with Gasteiger partial charge in [0, 0.05) is 5.56 Å². The van der Waals surface area contributed by atoms with Gasteiger partial charge < -0.3 is 4.74 Å². The minimum absolute atomic E-state index is 0.0298. The Morgan fingerprint density at radius 3 is 2.43 bits per heavy atom. The molecule has 0 aliphatic rings. The van der Waals surface area contributed by atoms with Gasteiger partial charge in [-0.2, -0.15) is 0 Å². The Bertz CT molecular complexity index is 617. The summed E-state index contributed by atoms with van der Waals surface area (Å²) in [7, 11) is 0. The Balaban J connectivity index is 2.98. The Morgan fingerprint density at radius 2 is 1.87 bits per heavy atom. The van der Waals surface area contributed by atoms with Crippen LogP contribution in [0, 0.1) is 0 Å². The molecular weight excluding hydrogens is 286 g/mol. The zero-order valence-corrected chi connectivity index (χ0v) is 14.4. The normalized spacial score (nSPS) is 12.8. The number of allylic oxidation sites excluding steroid dienone is 5. The fourth-order valence-corrected chi connectivity index (χ4v) is 1.85. The van der Waals surface area contributed by atoms with Crippen molar-refractivity contribution in [1.29, 1.82) is 0 Å². The van der Waals surface area contributed by atoms with Crippen molar-refractivity contribution in [3.8, 4) is 0 Å². The number of aliphatic imine (C=N–C) groups is 1. The first-order valence-corrected chi connectivity index (χ1v) is 7.64. The van der Waals surface area contributed by atoms with Gasteiger partial charge in [0.25, 0.3) is 0 Å². The van der Waals surface area contributed by atoms with Gasteiger partial charge in [0.1, 0.15) is 12.1 Å². The van der Waals surface area contributed by atoms with Gasteiger partial charge in [-0.25, -0.2) is 0 Å². The molecule has 0 saturated heterocycles. The highest BCUT2D eigenvalue weighted by Gasteiger charge is 2.16. The molecule has 3 heteroatoms. The minimum atomic E-state index is -0.512. The van der Waals surface area contributed by atoms with E-state index in [9.17, 15) is 4.79 Å². The van der Waals surface area contributed by atoms with Crippen molar-refractivity contribution in [3.63, 3.8) is 0 Å². The standard InChI is InChI=1S/C20H25NO2/c1-6-7-9-12-16(2)19(17-13-10-8-11-14-17)21-15-18(22)23-20(3,4)5/h6-14H,2,15H2,1,3-5H3/b7-6-,12-9-,21-19?. The molecule has 122 valence electrons. The number of hydrogen-bond donors (Lipinski definition) is 0. The molecule has 0 atom stereocenters. The van der Waals surface area contributed by atoms with Crippen molar-refractivity contribution in [2.45, 2.75) is 33.3 Å². The molecule has 0 aliphatic carbocycles. The molecule has 0 bridgehead atoms. The average molecular weight is 311 g/mol. The molecule has 1 aromatic rings. The Kier molecular flexibility index (Phi) is 7.20. The first-order valence-electron chi connectivity index (χ1n) is 7.64. The summed E-state index contributed by atoms with van der Waals surface area (Å²) in [6.07, 6.45) is 7.63. The van der Waals surface area contributed by atoms with E-state index in [2.05, 4.69) is 11.6 Å². The fourth-order valence-electron chi connectivity index (χ4n) is 1.85. The lowest BCUT2D eigenvalue weighted by Crippen LogP contribution is -2.25. The largest absolute Gasteiger partial charge is 0.459 e. The Hall–Kier alpha value is -2.42. The van der Waals surface area contributed by atoms with Crippen LogP contribution in [-0.4, -0.2) is 23.8 Å². The highest BCUT2D eigenvalue weighted by atomic mass is 16.6. The highest BCUT2D eigenvalue weighted by molar-refractivity contribution is 6.14. The van der Waals surface area contributed by atoms with Crippen molar-refractivity contribution in [2.24, 2.45) is 4.99 Å². The zero-order valence-electron chi connectivity index (χ0n) is 14.4. The SMILES string of the molecule is C=C(/C=C\C=C/C)C(=NCC(=O)OC(C)(C)C)c1ccccc1. The molecule has 1 rings (SSSR count). The average Bonchev–Trinajstić information content (AvgIpc) is 2.47. The van der Waals surface area contributed by atoms with E-state index in [1.165, 1.54) is 0 Å². The van der Waals surface area contributed by atoms with Gasteiger partial charge in [-0.05, 0) is 33.3 Å². The highest BCUT2D eigenvalue weighted by Crippen LogP contribution is 2.11. The molecular formula is C20H25NO2. The van der Waals surface area contributed by atoms with Crippen LogP contribution in [0.5, 0.6) is 0 Å². The minimum Gasteiger partial charge on any atom is -0.459 e. The van der Waals surface area contributed by atoms with Crippen LogP contribution in [0.3, 0.4) is 0 Å². The second-order valence-electron chi connectivity index (χ2n) is 6.03. The predicted octanol–water partition coefficient (Wildman–Crippen LogP) is 4.51. The number of nitrogens with zero attached hydrogens (tertiary/aromatic N) is 1. The van der Waals surface area contributed by atoms with Crippen molar-refractivity contribution in [1.82, 2.24) is 0 Å². The molecule has 0 radical (unpaired) electrons. The van der Waals surface area contributed by atoms with Crippen LogP contribution in [0.25, 0.3) is 0 Å². The second kappa shape index (κ2) is 8.89. The maximum absolute atomic E-state index is 11.9. The summed E-state index contributed by atoms with van der Waals surface area (Å²) in [5.41, 5.74) is 1.85. The molecule has 1 aromatic carbocycles. The van der Waals surface area contributed by atoms with Gasteiger partial charge in [0.05, 0.1) is 5.71 Å². The van der Waals surface area contributed by atoms with Crippen molar-refractivity contribution in [2.75, 3.05) is 6.54 Å². The van der Waals surface area contributed by atoms with Crippen molar-refractivity contribution >= 4 is 11.7 Å². The van der Waals surface area contributed by atoms with E-state index in [1.807, 2.05) is 82.3 Å². The zero-order chi connectivity index (χ0) is 17.3. The maximum Gasteiger partial charge on any atom is 0.328 e. The summed E-state index contributed by atoms with van der Waals surface area (Å²) in [5.74, 6) is -0.351. The first-order chi connectivity index (χ1) is 10.8. The third-order valence-corrected chi connectivity index (χ3v) is 2.74. The number of rotatable bonds is 6. The van der Waals surface area contributed by atoms with Crippen LogP contribution in [0.2, 0.25) is 0 Å². The van der Waals surface area contributed by atoms with Crippen LogP contribution in [-0.2, 0) is 9.53 Å². The number of ether oxygens (including phenoxy) is 1. The topological polar surface area (TPSA) is 38.7 Å². The van der Waals surface area contributed by atoms with Gasteiger partial charge in [-0.1, -0.05) is 61.2 Å². The molecule has 0 spiro atoms. The second-order valence-corrected chi connectivity index (χ2v) is 6.03. The molecule has 0 unspecified atom stereocenters. The number of carbonyl (C=O) groups is 1. The van der Waals surface area contributed by atoms with E-state index >= 15 is 0 Å². The Labute approximate surface area is 139 Å². The van der Waals surface area contributed by atoms with E-state index in [4.69, 9.17) is 4.74 Å². The molecule has 3 nitrogen and oxygen atoms in total. The number of carbonyl (C=O) groups excluding carboxylic acids is 1. The van der Waals surface area contributed by atoms with Crippen LogP contribution in [0.15, 0.2) is 71.8 Å². The monoisotopic (exact) mass is 311 g/mol.